The number of nitrogens with zero attached hydrogens (tertiary/aromatic N) is 4. The minimum Gasteiger partial charge on any atom is -0.368 e. The molecule has 0 unspecified atom stereocenters. The van der Waals surface area contributed by atoms with Crippen LogP contribution in [0.2, 0.25) is 5.15 Å². The number of benzene rings is 1. The van der Waals surface area contributed by atoms with Gasteiger partial charge in [-0.2, -0.15) is 0 Å². The highest BCUT2D eigenvalue weighted by molar-refractivity contribution is 6.29. The van der Waals surface area contributed by atoms with E-state index in [1.807, 2.05) is 12.1 Å². The van der Waals surface area contributed by atoms with Gasteiger partial charge in [-0.1, -0.05) is 17.7 Å². The molecule has 0 bridgehead atoms. The second-order valence-electron chi connectivity index (χ2n) is 6.15. The predicted octanol–water partition coefficient (Wildman–Crippen LogP) is 3.30. The van der Waals surface area contributed by atoms with Gasteiger partial charge in [-0.3, -0.25) is 0 Å². The molecule has 6 heteroatoms. The van der Waals surface area contributed by atoms with Crippen LogP contribution in [0.3, 0.4) is 0 Å². The molecule has 0 amide bonds. The maximum Gasteiger partial charge on any atom is 0.151 e. The van der Waals surface area contributed by atoms with Crippen molar-refractivity contribution >= 4 is 23.1 Å². The zero-order valence-electron chi connectivity index (χ0n) is 12.8. The smallest absolute Gasteiger partial charge is 0.151 e. The Balaban J connectivity index is 1.45. The summed E-state index contributed by atoms with van der Waals surface area (Å²) in [5.41, 5.74) is 2.34. The first kappa shape index (κ1) is 14.7. The Morgan fingerprint density at radius 2 is 1.87 bits per heavy atom. The van der Waals surface area contributed by atoms with Crippen LogP contribution in [0.1, 0.15) is 18.4 Å². The minimum absolute atomic E-state index is 0.149. The van der Waals surface area contributed by atoms with Crippen molar-refractivity contribution < 1.29 is 4.39 Å². The SMILES string of the molecule is Fc1ccc2c(c1)N(C1CCN(c3ccc(Cl)nn3)CC1)CC2. The second kappa shape index (κ2) is 5.96. The van der Waals surface area contributed by atoms with E-state index in [-0.39, 0.29) is 5.82 Å². The average Bonchev–Trinajstić information content (AvgIpc) is 2.99. The molecule has 0 spiro atoms. The first-order chi connectivity index (χ1) is 11.2. The number of hydrogen-bond acceptors (Lipinski definition) is 4. The lowest BCUT2D eigenvalue weighted by Gasteiger charge is -2.38. The van der Waals surface area contributed by atoms with Crippen molar-refractivity contribution in [1.82, 2.24) is 10.2 Å². The van der Waals surface area contributed by atoms with E-state index in [1.54, 1.807) is 18.2 Å². The first-order valence-corrected chi connectivity index (χ1v) is 8.38. The molecule has 2 aromatic rings. The largest absolute Gasteiger partial charge is 0.368 e. The van der Waals surface area contributed by atoms with E-state index in [2.05, 4.69) is 20.0 Å². The fourth-order valence-corrected chi connectivity index (χ4v) is 3.74. The van der Waals surface area contributed by atoms with Gasteiger partial charge in [0.05, 0.1) is 0 Å². The number of piperidine rings is 1. The molecule has 1 saturated heterocycles. The van der Waals surface area contributed by atoms with Gasteiger partial charge in [0.15, 0.2) is 11.0 Å². The van der Waals surface area contributed by atoms with Crippen molar-refractivity contribution in [3.8, 4) is 0 Å². The van der Waals surface area contributed by atoms with Crippen molar-refractivity contribution in [3.63, 3.8) is 0 Å². The maximum atomic E-state index is 13.6. The first-order valence-electron chi connectivity index (χ1n) is 8.00. The van der Waals surface area contributed by atoms with Crippen LogP contribution in [0.4, 0.5) is 15.9 Å². The number of hydrogen-bond donors (Lipinski definition) is 0. The molecule has 0 radical (unpaired) electrons. The average molecular weight is 333 g/mol. The number of fused-ring (bicyclic) bond motifs is 1. The summed E-state index contributed by atoms with van der Waals surface area (Å²) in [4.78, 5) is 4.62. The summed E-state index contributed by atoms with van der Waals surface area (Å²) in [6.45, 7) is 2.86. The quantitative estimate of drug-likeness (QED) is 0.844. The fraction of sp³-hybridized carbons (Fsp3) is 0.412. The van der Waals surface area contributed by atoms with Crippen LogP contribution in [0.15, 0.2) is 30.3 Å². The summed E-state index contributed by atoms with van der Waals surface area (Å²) < 4.78 is 13.6. The molecule has 1 aromatic carbocycles. The molecule has 2 aliphatic heterocycles. The van der Waals surface area contributed by atoms with Crippen LogP contribution in [0, 0.1) is 5.82 Å². The van der Waals surface area contributed by atoms with E-state index in [9.17, 15) is 4.39 Å². The van der Waals surface area contributed by atoms with Gasteiger partial charge in [0.2, 0.25) is 0 Å². The van der Waals surface area contributed by atoms with Crippen LogP contribution in [-0.4, -0.2) is 35.9 Å². The van der Waals surface area contributed by atoms with Crippen LogP contribution in [0.25, 0.3) is 0 Å². The third kappa shape index (κ3) is 2.85. The van der Waals surface area contributed by atoms with Gasteiger partial charge in [0.1, 0.15) is 5.82 Å². The highest BCUT2D eigenvalue weighted by Crippen LogP contribution is 2.33. The number of rotatable bonds is 2. The maximum absolute atomic E-state index is 13.6. The lowest BCUT2D eigenvalue weighted by molar-refractivity contribution is 0.469. The van der Waals surface area contributed by atoms with E-state index in [4.69, 9.17) is 11.6 Å². The van der Waals surface area contributed by atoms with Crippen molar-refractivity contribution in [2.24, 2.45) is 0 Å². The number of halogens is 2. The third-order valence-electron chi connectivity index (χ3n) is 4.83. The summed E-state index contributed by atoms with van der Waals surface area (Å²) in [5, 5.41) is 8.48. The molecule has 0 saturated carbocycles. The highest BCUT2D eigenvalue weighted by atomic mass is 35.5. The summed E-state index contributed by atoms with van der Waals surface area (Å²) in [7, 11) is 0. The number of aromatic nitrogens is 2. The Labute approximate surface area is 139 Å². The molecule has 0 N–H and O–H groups in total. The van der Waals surface area contributed by atoms with E-state index >= 15 is 0 Å². The lowest BCUT2D eigenvalue weighted by Crippen LogP contribution is -2.44. The molecule has 4 rings (SSSR count). The Bertz CT molecular complexity index is 698. The molecule has 23 heavy (non-hydrogen) atoms. The molecule has 0 atom stereocenters. The zero-order valence-corrected chi connectivity index (χ0v) is 13.5. The van der Waals surface area contributed by atoms with Crippen molar-refractivity contribution in [2.75, 3.05) is 29.4 Å². The van der Waals surface area contributed by atoms with Crippen LogP contribution in [-0.2, 0) is 6.42 Å². The van der Waals surface area contributed by atoms with Gasteiger partial charge in [-0.25, -0.2) is 4.39 Å². The standard InChI is InChI=1S/C17H18ClFN4/c18-16-3-4-17(21-20-16)22-8-6-14(7-9-22)23-10-5-12-1-2-13(19)11-15(12)23/h1-4,11,14H,5-10H2. The molecule has 120 valence electrons. The van der Waals surface area contributed by atoms with Crippen molar-refractivity contribution in [2.45, 2.75) is 25.3 Å². The fourth-order valence-electron chi connectivity index (χ4n) is 3.64. The minimum atomic E-state index is -0.149. The van der Waals surface area contributed by atoms with Crippen LogP contribution in [0.5, 0.6) is 0 Å². The van der Waals surface area contributed by atoms with E-state index < -0.39 is 0 Å². The monoisotopic (exact) mass is 332 g/mol. The van der Waals surface area contributed by atoms with E-state index in [0.29, 0.717) is 11.2 Å². The summed E-state index contributed by atoms with van der Waals surface area (Å²) in [6.07, 6.45) is 3.10. The highest BCUT2D eigenvalue weighted by Gasteiger charge is 2.29. The normalized spacial score (nSPS) is 18.3. The second-order valence-corrected chi connectivity index (χ2v) is 6.54. The summed E-state index contributed by atoms with van der Waals surface area (Å²) in [6, 6.07) is 9.31. The molecule has 4 nitrogen and oxygen atoms in total. The van der Waals surface area contributed by atoms with E-state index in [0.717, 1.165) is 50.4 Å². The van der Waals surface area contributed by atoms with Gasteiger partial charge < -0.3 is 9.80 Å². The van der Waals surface area contributed by atoms with Gasteiger partial charge in [-0.15, -0.1) is 10.2 Å². The summed E-state index contributed by atoms with van der Waals surface area (Å²) >= 11 is 5.79. The molecular formula is C17H18ClFN4. The van der Waals surface area contributed by atoms with Crippen LogP contribution >= 0.6 is 11.6 Å². The summed E-state index contributed by atoms with van der Waals surface area (Å²) in [5.74, 6) is 0.727. The molecular weight excluding hydrogens is 315 g/mol. The number of anilines is 2. The third-order valence-corrected chi connectivity index (χ3v) is 5.03. The van der Waals surface area contributed by atoms with Crippen molar-refractivity contribution in [1.29, 1.82) is 0 Å². The Hall–Kier alpha value is -1.88. The lowest BCUT2D eigenvalue weighted by atomic mass is 10.0. The van der Waals surface area contributed by atoms with Crippen LogP contribution < -0.4 is 9.80 Å². The van der Waals surface area contributed by atoms with Gasteiger partial charge in [-0.05, 0) is 49.1 Å². The molecule has 2 aliphatic rings. The van der Waals surface area contributed by atoms with Gasteiger partial charge >= 0.3 is 0 Å². The zero-order chi connectivity index (χ0) is 15.8. The molecule has 1 fully saturated rings. The Morgan fingerprint density at radius 1 is 1.04 bits per heavy atom. The van der Waals surface area contributed by atoms with E-state index in [1.165, 1.54) is 5.56 Å². The topological polar surface area (TPSA) is 32.3 Å². The predicted molar refractivity (Wildman–Crippen MR) is 89.7 cm³/mol. The molecule has 0 aliphatic carbocycles. The van der Waals surface area contributed by atoms with Gasteiger partial charge in [0, 0.05) is 31.4 Å². The Morgan fingerprint density at radius 3 is 2.61 bits per heavy atom. The van der Waals surface area contributed by atoms with Crippen molar-refractivity contribution in [3.05, 3.63) is 46.9 Å². The molecule has 1 aromatic heterocycles. The Kier molecular flexibility index (Phi) is 3.81. The van der Waals surface area contributed by atoms with Gasteiger partial charge in [0.25, 0.3) is 0 Å². The molecule has 3 heterocycles.